The minimum Gasteiger partial charge on any atom is -0.390 e. The van der Waals surface area contributed by atoms with Crippen molar-refractivity contribution < 1.29 is 9.29 Å². The van der Waals surface area contributed by atoms with Crippen LogP contribution in [0.2, 0.25) is 0 Å². The van der Waals surface area contributed by atoms with Gasteiger partial charge in [-0.3, -0.25) is 0 Å². The van der Waals surface area contributed by atoms with E-state index in [1.54, 1.807) is 0 Å². The zero-order chi connectivity index (χ0) is 21.0. The maximum atomic E-state index is 10.2. The van der Waals surface area contributed by atoms with Crippen LogP contribution in [0.1, 0.15) is 84.4 Å². The maximum absolute atomic E-state index is 10.2. The van der Waals surface area contributed by atoms with Crippen molar-refractivity contribution in [1.82, 2.24) is 0 Å². The molecule has 0 amide bonds. The van der Waals surface area contributed by atoms with E-state index >= 15 is 0 Å². The molecule has 0 radical (unpaired) electrons. The van der Waals surface area contributed by atoms with E-state index in [1.807, 2.05) is 13.8 Å². The lowest BCUT2D eigenvalue weighted by atomic mass is 9.85. The number of hydrogen-bond donors (Lipinski definition) is 1. The smallest absolute Gasteiger partial charge is 0.0621 e. The summed E-state index contributed by atoms with van der Waals surface area (Å²) in [6.45, 7) is 18.3. The highest BCUT2D eigenvalue weighted by Crippen LogP contribution is 2.53. The van der Waals surface area contributed by atoms with E-state index in [2.05, 4.69) is 72.3 Å². The standard InChI is InChI=1S/C24H44O2S/c1-18(2)21-13-11-12-20(14-15-24(7,8)25)22(21)16-19(3)17-26-27(9,10)23(4,5)6/h11-13,18-19,25H,14-17H2,1-10H3/t19-/m1/s1. The minimum absolute atomic E-state index is 0.195. The summed E-state index contributed by atoms with van der Waals surface area (Å²) in [5, 5.41) is 10.2. The summed E-state index contributed by atoms with van der Waals surface area (Å²) in [7, 11) is -1.08. The van der Waals surface area contributed by atoms with Crippen molar-refractivity contribution >= 4 is 10.3 Å². The fourth-order valence-electron chi connectivity index (χ4n) is 2.99. The normalized spacial score (nSPS) is 15.3. The van der Waals surface area contributed by atoms with E-state index in [1.165, 1.54) is 16.7 Å². The van der Waals surface area contributed by atoms with Gasteiger partial charge in [0.05, 0.1) is 12.2 Å². The van der Waals surface area contributed by atoms with Crippen molar-refractivity contribution in [3.63, 3.8) is 0 Å². The molecule has 1 rings (SSSR count). The van der Waals surface area contributed by atoms with E-state index < -0.39 is 15.9 Å². The Morgan fingerprint density at radius 2 is 1.63 bits per heavy atom. The first-order valence-corrected chi connectivity index (χ1v) is 12.7. The van der Waals surface area contributed by atoms with Crippen molar-refractivity contribution in [2.45, 2.75) is 90.9 Å². The molecule has 0 saturated heterocycles. The van der Waals surface area contributed by atoms with Crippen LogP contribution in [0.5, 0.6) is 0 Å². The van der Waals surface area contributed by atoms with E-state index in [0.717, 1.165) is 25.9 Å². The Hall–Kier alpha value is -0.510. The second-order valence-electron chi connectivity index (χ2n) is 10.4. The van der Waals surface area contributed by atoms with Crippen LogP contribution < -0.4 is 0 Å². The van der Waals surface area contributed by atoms with Crippen LogP contribution in [0.4, 0.5) is 0 Å². The quantitative estimate of drug-likeness (QED) is 0.517. The van der Waals surface area contributed by atoms with Crippen molar-refractivity contribution in [2.75, 3.05) is 19.1 Å². The molecule has 0 unspecified atom stereocenters. The number of aliphatic hydroxyl groups is 1. The Balaban J connectivity index is 2.96. The van der Waals surface area contributed by atoms with Crippen LogP contribution in [0.25, 0.3) is 0 Å². The second-order valence-corrected chi connectivity index (χ2v) is 14.3. The molecule has 1 aromatic carbocycles. The van der Waals surface area contributed by atoms with Gasteiger partial charge in [0.1, 0.15) is 0 Å². The van der Waals surface area contributed by atoms with Gasteiger partial charge in [0, 0.05) is 4.75 Å². The first-order chi connectivity index (χ1) is 12.1. The third-order valence-electron chi connectivity index (χ3n) is 5.61. The molecule has 0 bridgehead atoms. The first kappa shape index (κ1) is 24.5. The van der Waals surface area contributed by atoms with E-state index in [0.29, 0.717) is 11.8 Å². The van der Waals surface area contributed by atoms with Crippen LogP contribution in [0.3, 0.4) is 0 Å². The van der Waals surface area contributed by atoms with Crippen LogP contribution >= 0.6 is 10.3 Å². The van der Waals surface area contributed by atoms with Crippen LogP contribution in [0, 0.1) is 5.92 Å². The zero-order valence-electron chi connectivity index (χ0n) is 19.5. The monoisotopic (exact) mass is 396 g/mol. The number of aryl methyl sites for hydroxylation is 1. The predicted molar refractivity (Wildman–Crippen MR) is 123 cm³/mol. The molecule has 3 heteroatoms. The van der Waals surface area contributed by atoms with Crippen molar-refractivity contribution in [3.05, 3.63) is 34.9 Å². The highest BCUT2D eigenvalue weighted by atomic mass is 32.3. The fourth-order valence-corrected chi connectivity index (χ4v) is 3.92. The summed E-state index contributed by atoms with van der Waals surface area (Å²) < 4.78 is 6.62. The van der Waals surface area contributed by atoms with Crippen LogP contribution in [-0.4, -0.2) is 34.6 Å². The average Bonchev–Trinajstić information content (AvgIpc) is 2.49. The molecule has 0 aromatic heterocycles. The molecule has 0 saturated carbocycles. The summed E-state index contributed by atoms with van der Waals surface area (Å²) in [5.41, 5.74) is 3.67. The summed E-state index contributed by atoms with van der Waals surface area (Å²) in [6, 6.07) is 6.68. The molecule has 0 aliphatic carbocycles. The number of hydrogen-bond acceptors (Lipinski definition) is 2. The highest BCUT2D eigenvalue weighted by molar-refractivity contribution is 8.29. The van der Waals surface area contributed by atoms with Gasteiger partial charge in [0.2, 0.25) is 0 Å². The molecule has 158 valence electrons. The third-order valence-corrected chi connectivity index (χ3v) is 9.29. The lowest BCUT2D eigenvalue weighted by Crippen LogP contribution is -2.27. The second kappa shape index (κ2) is 9.33. The Labute approximate surface area is 170 Å². The number of benzene rings is 1. The largest absolute Gasteiger partial charge is 0.390 e. The van der Waals surface area contributed by atoms with E-state index in [-0.39, 0.29) is 4.75 Å². The maximum Gasteiger partial charge on any atom is 0.0621 e. The fraction of sp³-hybridized carbons (Fsp3) is 0.750. The van der Waals surface area contributed by atoms with Gasteiger partial charge in [0.25, 0.3) is 0 Å². The summed E-state index contributed by atoms with van der Waals surface area (Å²) in [6.07, 6.45) is 7.29. The predicted octanol–water partition coefficient (Wildman–Crippen LogP) is 6.49. The molecule has 2 nitrogen and oxygen atoms in total. The summed E-state index contributed by atoms with van der Waals surface area (Å²) in [5.74, 6) is 0.978. The zero-order valence-corrected chi connectivity index (χ0v) is 20.3. The molecule has 27 heavy (non-hydrogen) atoms. The van der Waals surface area contributed by atoms with E-state index in [9.17, 15) is 5.11 Å². The van der Waals surface area contributed by atoms with Gasteiger partial charge < -0.3 is 9.29 Å². The topological polar surface area (TPSA) is 29.5 Å². The first-order valence-electron chi connectivity index (χ1n) is 10.3. The third kappa shape index (κ3) is 7.79. The molecule has 0 fully saturated rings. The van der Waals surface area contributed by atoms with Crippen molar-refractivity contribution in [3.8, 4) is 0 Å². The van der Waals surface area contributed by atoms with Gasteiger partial charge in [-0.2, -0.15) is 0 Å². The Morgan fingerprint density at radius 1 is 1.04 bits per heavy atom. The summed E-state index contributed by atoms with van der Waals surface area (Å²) in [4.78, 5) is 0. The number of rotatable bonds is 9. The molecular weight excluding hydrogens is 352 g/mol. The molecule has 1 N–H and O–H groups in total. The molecule has 1 aromatic rings. The molecule has 0 aliphatic rings. The van der Waals surface area contributed by atoms with Crippen molar-refractivity contribution in [1.29, 1.82) is 0 Å². The lowest BCUT2D eigenvalue weighted by molar-refractivity contribution is 0.0713. The molecule has 1 atom stereocenters. The Morgan fingerprint density at radius 3 is 2.11 bits per heavy atom. The summed E-state index contributed by atoms with van der Waals surface area (Å²) >= 11 is 0. The lowest BCUT2D eigenvalue weighted by Gasteiger charge is -2.44. The Kier molecular flexibility index (Phi) is 8.47. The highest BCUT2D eigenvalue weighted by Gasteiger charge is 2.29. The van der Waals surface area contributed by atoms with Crippen LogP contribution in [-0.2, 0) is 17.0 Å². The average molecular weight is 397 g/mol. The molecule has 0 heterocycles. The van der Waals surface area contributed by atoms with Gasteiger partial charge in [0.15, 0.2) is 0 Å². The van der Waals surface area contributed by atoms with Crippen LogP contribution in [0.15, 0.2) is 18.2 Å². The van der Waals surface area contributed by atoms with Gasteiger partial charge >= 0.3 is 0 Å². The van der Waals surface area contributed by atoms with Gasteiger partial charge in [-0.25, -0.2) is 0 Å². The minimum atomic E-state index is -1.08. The van der Waals surface area contributed by atoms with Gasteiger partial charge in [-0.05, 0) is 74.1 Å². The van der Waals surface area contributed by atoms with Gasteiger partial charge in [-0.1, -0.05) is 59.7 Å². The molecule has 0 aliphatic heterocycles. The molecular formula is C24H44O2S. The van der Waals surface area contributed by atoms with Crippen molar-refractivity contribution in [2.24, 2.45) is 5.92 Å². The SMILES string of the molecule is CC(C)c1cccc(CCC(C)(C)O)c1C[C@@H](C)COS(C)(C)C(C)(C)C. The van der Waals surface area contributed by atoms with E-state index in [4.69, 9.17) is 4.18 Å². The van der Waals surface area contributed by atoms with Gasteiger partial charge in [-0.15, -0.1) is 10.3 Å². The molecule has 0 spiro atoms. The Bertz CT molecular complexity index is 591.